The fourth-order valence-electron chi connectivity index (χ4n) is 1.75. The Morgan fingerprint density at radius 1 is 1.47 bits per heavy atom. The van der Waals surface area contributed by atoms with Crippen molar-refractivity contribution in [3.8, 4) is 0 Å². The summed E-state index contributed by atoms with van der Waals surface area (Å²) in [6.07, 6.45) is -3.60. The Hall–Kier alpha value is -1.01. The van der Waals surface area contributed by atoms with Crippen LogP contribution in [0.15, 0.2) is 12.3 Å². The third kappa shape index (κ3) is 2.63. The molecule has 0 aromatic carbocycles. The van der Waals surface area contributed by atoms with E-state index in [1.165, 1.54) is 0 Å². The van der Waals surface area contributed by atoms with Crippen LogP contribution in [0.1, 0.15) is 12.0 Å². The van der Waals surface area contributed by atoms with E-state index in [-0.39, 0.29) is 10.8 Å². The minimum Gasteiger partial charge on any atom is -0.391 e. The van der Waals surface area contributed by atoms with E-state index in [0.717, 1.165) is 12.3 Å². The summed E-state index contributed by atoms with van der Waals surface area (Å²) in [6, 6.07) is 0.856. The van der Waals surface area contributed by atoms with E-state index in [1.807, 2.05) is 0 Å². The molecule has 1 atom stereocenters. The molecule has 0 aliphatic carbocycles. The zero-order valence-electron chi connectivity index (χ0n) is 8.71. The zero-order valence-corrected chi connectivity index (χ0v) is 9.46. The van der Waals surface area contributed by atoms with Crippen molar-refractivity contribution in [3.05, 3.63) is 22.8 Å². The van der Waals surface area contributed by atoms with Crippen LogP contribution in [0.5, 0.6) is 0 Å². The molecule has 1 unspecified atom stereocenters. The molecule has 1 fully saturated rings. The molecule has 0 bridgehead atoms. The van der Waals surface area contributed by atoms with Gasteiger partial charge in [-0.25, -0.2) is 4.98 Å². The molecule has 1 aromatic heterocycles. The summed E-state index contributed by atoms with van der Waals surface area (Å²) < 4.78 is 37.2. The van der Waals surface area contributed by atoms with Gasteiger partial charge in [-0.05, 0) is 12.5 Å². The average molecular weight is 267 g/mol. The first-order valence-corrected chi connectivity index (χ1v) is 5.41. The number of alkyl halides is 3. The number of pyridine rings is 1. The maximum absolute atomic E-state index is 12.4. The first-order valence-electron chi connectivity index (χ1n) is 5.03. The molecular weight excluding hydrogens is 257 g/mol. The van der Waals surface area contributed by atoms with Gasteiger partial charge in [-0.3, -0.25) is 0 Å². The van der Waals surface area contributed by atoms with Crippen molar-refractivity contribution in [2.75, 3.05) is 18.0 Å². The van der Waals surface area contributed by atoms with Crippen LogP contribution >= 0.6 is 11.6 Å². The predicted molar refractivity (Wildman–Crippen MR) is 57.1 cm³/mol. The van der Waals surface area contributed by atoms with Crippen LogP contribution in [0.2, 0.25) is 5.02 Å². The molecule has 94 valence electrons. The Labute approximate surface area is 101 Å². The van der Waals surface area contributed by atoms with Gasteiger partial charge in [0.1, 0.15) is 5.82 Å². The Morgan fingerprint density at radius 3 is 2.65 bits per heavy atom. The van der Waals surface area contributed by atoms with Gasteiger partial charge in [-0.1, -0.05) is 11.6 Å². The lowest BCUT2D eigenvalue weighted by molar-refractivity contribution is -0.137. The molecule has 2 rings (SSSR count). The predicted octanol–water partition coefficient (Wildman–Crippen LogP) is 2.32. The van der Waals surface area contributed by atoms with Crippen molar-refractivity contribution >= 4 is 17.4 Å². The molecule has 0 spiro atoms. The molecule has 2 heterocycles. The highest BCUT2D eigenvalue weighted by Gasteiger charge is 2.32. The normalized spacial score (nSPS) is 21.0. The summed E-state index contributed by atoms with van der Waals surface area (Å²) in [5, 5.41) is 9.30. The van der Waals surface area contributed by atoms with Crippen LogP contribution in [0.25, 0.3) is 0 Å². The van der Waals surface area contributed by atoms with Gasteiger partial charge in [0.25, 0.3) is 0 Å². The summed E-state index contributed by atoms with van der Waals surface area (Å²) in [6.45, 7) is 0.886. The second-order valence-electron chi connectivity index (χ2n) is 3.92. The number of aromatic nitrogens is 1. The van der Waals surface area contributed by atoms with Crippen molar-refractivity contribution in [1.82, 2.24) is 4.98 Å². The Bertz CT molecular complexity index is 425. The van der Waals surface area contributed by atoms with Gasteiger partial charge in [-0.2, -0.15) is 13.2 Å². The number of aliphatic hydroxyl groups excluding tert-OH is 1. The lowest BCUT2D eigenvalue weighted by atomic mass is 10.2. The van der Waals surface area contributed by atoms with E-state index in [2.05, 4.69) is 4.98 Å². The van der Waals surface area contributed by atoms with Gasteiger partial charge >= 0.3 is 6.18 Å². The average Bonchev–Trinajstić information content (AvgIpc) is 2.63. The summed E-state index contributed by atoms with van der Waals surface area (Å²) in [4.78, 5) is 5.40. The SMILES string of the molecule is OC1CCN(c2ncc(C(F)(F)F)cc2Cl)C1. The van der Waals surface area contributed by atoms with Gasteiger partial charge in [0, 0.05) is 19.3 Å². The Morgan fingerprint density at radius 2 is 2.18 bits per heavy atom. The molecule has 0 amide bonds. The third-order valence-electron chi connectivity index (χ3n) is 2.61. The first kappa shape index (κ1) is 12.4. The van der Waals surface area contributed by atoms with Crippen molar-refractivity contribution < 1.29 is 18.3 Å². The number of aliphatic hydroxyl groups is 1. The fourth-order valence-corrected chi connectivity index (χ4v) is 2.04. The second kappa shape index (κ2) is 4.34. The van der Waals surface area contributed by atoms with Gasteiger partial charge in [-0.15, -0.1) is 0 Å². The van der Waals surface area contributed by atoms with Crippen molar-refractivity contribution in [2.24, 2.45) is 0 Å². The lowest BCUT2D eigenvalue weighted by Crippen LogP contribution is -2.23. The van der Waals surface area contributed by atoms with Crippen molar-refractivity contribution in [2.45, 2.75) is 18.7 Å². The Kier molecular flexibility index (Phi) is 3.18. The second-order valence-corrected chi connectivity index (χ2v) is 4.32. The van der Waals surface area contributed by atoms with Crippen LogP contribution in [-0.4, -0.2) is 29.3 Å². The zero-order chi connectivity index (χ0) is 12.6. The maximum atomic E-state index is 12.4. The standard InChI is InChI=1S/C10H10ClF3N2O/c11-8-3-6(10(12,13)14)4-15-9(8)16-2-1-7(17)5-16/h3-4,7,17H,1-2,5H2. The van der Waals surface area contributed by atoms with Crippen molar-refractivity contribution in [3.63, 3.8) is 0 Å². The highest BCUT2D eigenvalue weighted by Crippen LogP contribution is 2.34. The van der Waals surface area contributed by atoms with E-state index in [9.17, 15) is 18.3 Å². The fraction of sp³-hybridized carbons (Fsp3) is 0.500. The number of hydrogen-bond acceptors (Lipinski definition) is 3. The molecule has 1 aromatic rings. The van der Waals surface area contributed by atoms with E-state index in [0.29, 0.717) is 19.5 Å². The summed E-state index contributed by atoms with van der Waals surface area (Å²) in [7, 11) is 0. The van der Waals surface area contributed by atoms with Crippen LogP contribution in [0.4, 0.5) is 19.0 Å². The van der Waals surface area contributed by atoms with Crippen molar-refractivity contribution in [1.29, 1.82) is 0 Å². The molecule has 3 nitrogen and oxygen atoms in total. The van der Waals surface area contributed by atoms with Gasteiger partial charge < -0.3 is 10.0 Å². The third-order valence-corrected chi connectivity index (χ3v) is 2.89. The minimum absolute atomic E-state index is 0.0473. The van der Waals surface area contributed by atoms with Crippen LogP contribution in [-0.2, 0) is 6.18 Å². The lowest BCUT2D eigenvalue weighted by Gasteiger charge is -2.18. The molecule has 1 aliphatic rings. The highest BCUT2D eigenvalue weighted by molar-refractivity contribution is 6.33. The monoisotopic (exact) mass is 266 g/mol. The molecule has 17 heavy (non-hydrogen) atoms. The Balaban J connectivity index is 2.26. The smallest absolute Gasteiger partial charge is 0.391 e. The van der Waals surface area contributed by atoms with Gasteiger partial charge in [0.05, 0.1) is 16.7 Å². The number of hydrogen-bond donors (Lipinski definition) is 1. The largest absolute Gasteiger partial charge is 0.417 e. The van der Waals surface area contributed by atoms with Gasteiger partial charge in [0.15, 0.2) is 0 Å². The van der Waals surface area contributed by atoms with E-state index in [1.54, 1.807) is 4.90 Å². The molecule has 0 saturated carbocycles. The van der Waals surface area contributed by atoms with Crippen LogP contribution < -0.4 is 4.90 Å². The first-order chi connectivity index (χ1) is 7.88. The number of anilines is 1. The highest BCUT2D eigenvalue weighted by atomic mass is 35.5. The number of halogens is 4. The molecule has 7 heteroatoms. The number of nitrogens with zero attached hydrogens (tertiary/aromatic N) is 2. The maximum Gasteiger partial charge on any atom is 0.417 e. The summed E-state index contributed by atoms with van der Waals surface area (Å²) in [5.74, 6) is 0.288. The van der Waals surface area contributed by atoms with Crippen LogP contribution in [0, 0.1) is 0 Å². The molecule has 0 radical (unpaired) electrons. The van der Waals surface area contributed by atoms with E-state index in [4.69, 9.17) is 11.6 Å². The molecule has 1 aliphatic heterocycles. The molecule has 1 saturated heterocycles. The number of rotatable bonds is 1. The molecule has 1 N–H and O–H groups in total. The van der Waals surface area contributed by atoms with Gasteiger partial charge in [0.2, 0.25) is 0 Å². The summed E-state index contributed by atoms with van der Waals surface area (Å²) >= 11 is 5.78. The quantitative estimate of drug-likeness (QED) is 0.847. The summed E-state index contributed by atoms with van der Waals surface area (Å²) in [5.41, 5.74) is -0.869. The number of β-amino-alcohol motifs (C(OH)–C–C–N with tert-alkyl or cyclic N) is 1. The van der Waals surface area contributed by atoms with E-state index < -0.39 is 17.8 Å². The topological polar surface area (TPSA) is 36.4 Å². The van der Waals surface area contributed by atoms with Crippen LogP contribution in [0.3, 0.4) is 0 Å². The minimum atomic E-state index is -4.44. The van der Waals surface area contributed by atoms with E-state index >= 15 is 0 Å². The molecular formula is C10H10ClF3N2O.